The molecule has 1 unspecified atom stereocenters. The zero-order valence-electron chi connectivity index (χ0n) is 39.3. The fourth-order valence-corrected chi connectivity index (χ4v) is 8.21. The first kappa shape index (κ1) is 55.5. The number of ether oxygens (including phenoxy) is 2. The zero-order chi connectivity index (χ0) is 46.0. The van der Waals surface area contributed by atoms with E-state index in [0.717, 1.165) is 82.1 Å². The molecule has 1 aliphatic rings. The molecule has 0 aliphatic heterocycles. The van der Waals surface area contributed by atoms with Gasteiger partial charge in [-0.25, -0.2) is 4.57 Å². The molecule has 62 heavy (non-hydrogen) atoms. The van der Waals surface area contributed by atoms with E-state index < -0.39 is 44.7 Å². The maximum absolute atomic E-state index is 12.8. The molecule has 1 saturated carbocycles. The number of hydrogen-bond donors (Lipinski definition) is 3. The van der Waals surface area contributed by atoms with E-state index >= 15 is 0 Å². The first-order valence-electron chi connectivity index (χ1n) is 23.5. The topological polar surface area (TPSA) is 179 Å². The monoisotopic (exact) mass is 897 g/mol. The third kappa shape index (κ3) is 23.9. The number of aliphatic hydroxyl groups is 2. The van der Waals surface area contributed by atoms with Crippen molar-refractivity contribution < 1.29 is 61.5 Å². The summed E-state index contributed by atoms with van der Waals surface area (Å²) in [4.78, 5) is 48.3. The van der Waals surface area contributed by atoms with Crippen LogP contribution in [-0.2, 0) is 50.3 Å². The number of quaternary nitrogens is 1. The predicted octanol–water partition coefficient (Wildman–Crippen LogP) is 9.38. The van der Waals surface area contributed by atoms with Crippen molar-refractivity contribution in [2.45, 2.75) is 181 Å². The van der Waals surface area contributed by atoms with Crippen LogP contribution >= 0.6 is 7.82 Å². The molecule has 1 aromatic rings. The first-order valence-corrected chi connectivity index (χ1v) is 25.0. The molecule has 13 nitrogen and oxygen atoms in total. The van der Waals surface area contributed by atoms with Crippen LogP contribution in [0.5, 0.6) is 0 Å². The molecular formula is C48H83NO12P+. The molecule has 1 aromatic heterocycles. The van der Waals surface area contributed by atoms with Crippen molar-refractivity contribution in [3.05, 3.63) is 47.0 Å². The molecule has 6 atom stereocenters. The van der Waals surface area contributed by atoms with Crippen LogP contribution in [0.1, 0.15) is 158 Å². The van der Waals surface area contributed by atoms with Gasteiger partial charge in [-0.05, 0) is 69.9 Å². The predicted molar refractivity (Wildman–Crippen MR) is 242 cm³/mol. The number of carbonyl (C=O) groups is 3. The minimum absolute atomic E-state index is 0.00235. The molecule has 0 saturated heterocycles. The fraction of sp³-hybridized carbons (Fsp3) is 0.771. The Morgan fingerprint density at radius 3 is 2.11 bits per heavy atom. The van der Waals surface area contributed by atoms with Gasteiger partial charge in [0.05, 0.1) is 40.0 Å². The molecule has 0 spiro atoms. The molecule has 3 N–H and O–H groups in total. The molecular weight excluding hydrogens is 813 g/mol. The van der Waals surface area contributed by atoms with E-state index in [1.54, 1.807) is 12.2 Å². The maximum Gasteiger partial charge on any atom is 0.472 e. The number of phosphoric ester groups is 1. The Hall–Kier alpha value is -2.64. The van der Waals surface area contributed by atoms with Gasteiger partial charge in [0, 0.05) is 43.9 Å². The number of rotatable bonds is 35. The average molecular weight is 897 g/mol. The van der Waals surface area contributed by atoms with Crippen molar-refractivity contribution in [3.8, 4) is 0 Å². The standard InChI is InChI=1S/C48H82NO12P/c1-8-10-18-24-39(50)30-31-42-41(43(51)34-44(42)52)25-20-16-17-22-28-47(53)57-35-40(36-59-62(55,56)58-33-32-49(5,6)7)60-48(54)29-23-15-13-12-14-21-27-46-38(4)37(3)45(61-46)26-19-11-9-2/h16,20,30-31,39-42,44,50,52H,8-15,17-19,21-29,32-36H2,1-7H3/p+1/b20-16-,31-30+/t39-,40+,41+,42+,44+/m0/s1. The number of unbranched alkanes of at least 4 members (excludes halogenated alkanes) is 10. The number of carbonyl (C=O) groups excluding carboxylic acids is 3. The Kier molecular flexibility index (Phi) is 27.3. The Balaban J connectivity index is 1.78. The molecule has 14 heteroatoms. The van der Waals surface area contributed by atoms with Crippen LogP contribution in [-0.4, -0.2) is 103 Å². The Morgan fingerprint density at radius 1 is 0.839 bits per heavy atom. The minimum Gasteiger partial charge on any atom is -0.466 e. The first-order chi connectivity index (χ1) is 29.5. The molecule has 1 aliphatic carbocycles. The van der Waals surface area contributed by atoms with Crippen molar-refractivity contribution in [2.75, 3.05) is 47.5 Å². The third-order valence-corrected chi connectivity index (χ3v) is 12.5. The summed E-state index contributed by atoms with van der Waals surface area (Å²) in [5, 5.41) is 20.7. The van der Waals surface area contributed by atoms with Crippen LogP contribution in [0, 0.1) is 25.7 Å². The average Bonchev–Trinajstić information content (AvgIpc) is 3.63. The van der Waals surface area contributed by atoms with Crippen LogP contribution in [0.4, 0.5) is 0 Å². The van der Waals surface area contributed by atoms with E-state index in [2.05, 4.69) is 27.7 Å². The number of aryl methyl sites for hydroxylation is 2. The van der Waals surface area contributed by atoms with Gasteiger partial charge in [-0.3, -0.25) is 23.4 Å². The fourth-order valence-electron chi connectivity index (χ4n) is 7.47. The van der Waals surface area contributed by atoms with Gasteiger partial charge < -0.3 is 33.5 Å². The lowest BCUT2D eigenvalue weighted by Crippen LogP contribution is -2.37. The third-order valence-electron chi connectivity index (χ3n) is 11.6. The second-order valence-corrected chi connectivity index (χ2v) is 19.6. The second-order valence-electron chi connectivity index (χ2n) is 18.2. The van der Waals surface area contributed by atoms with Gasteiger partial charge in [-0.2, -0.15) is 0 Å². The van der Waals surface area contributed by atoms with Crippen LogP contribution in [0.25, 0.3) is 0 Å². The zero-order valence-corrected chi connectivity index (χ0v) is 40.2. The summed E-state index contributed by atoms with van der Waals surface area (Å²) in [5.74, 6) is 0.490. The summed E-state index contributed by atoms with van der Waals surface area (Å²) in [6.45, 7) is 8.23. The van der Waals surface area contributed by atoms with Gasteiger partial charge >= 0.3 is 19.8 Å². The number of likely N-dealkylation sites (N-methyl/N-ethyl adjacent to an activating group) is 1. The van der Waals surface area contributed by atoms with E-state index in [-0.39, 0.29) is 50.1 Å². The van der Waals surface area contributed by atoms with Crippen LogP contribution in [0.2, 0.25) is 0 Å². The van der Waals surface area contributed by atoms with Crippen LogP contribution in [0.3, 0.4) is 0 Å². The highest BCUT2D eigenvalue weighted by Crippen LogP contribution is 2.43. The van der Waals surface area contributed by atoms with Gasteiger partial charge in [0.25, 0.3) is 0 Å². The molecule has 0 radical (unpaired) electrons. The second kappa shape index (κ2) is 30.5. The van der Waals surface area contributed by atoms with Crippen LogP contribution < -0.4 is 0 Å². The van der Waals surface area contributed by atoms with Gasteiger partial charge in [0.15, 0.2) is 6.10 Å². The number of aliphatic hydroxyl groups excluding tert-OH is 2. The highest BCUT2D eigenvalue weighted by Gasteiger charge is 2.39. The summed E-state index contributed by atoms with van der Waals surface area (Å²) >= 11 is 0. The van der Waals surface area contributed by atoms with Crippen molar-refractivity contribution in [2.24, 2.45) is 11.8 Å². The van der Waals surface area contributed by atoms with E-state index in [1.165, 1.54) is 24.0 Å². The van der Waals surface area contributed by atoms with E-state index in [0.29, 0.717) is 43.1 Å². The summed E-state index contributed by atoms with van der Waals surface area (Å²) in [7, 11) is 1.30. The van der Waals surface area contributed by atoms with Crippen molar-refractivity contribution in [1.82, 2.24) is 0 Å². The normalized spacial score (nSPS) is 19.1. The van der Waals surface area contributed by atoms with Gasteiger partial charge in [0.2, 0.25) is 0 Å². The molecule has 1 heterocycles. The van der Waals surface area contributed by atoms with Crippen molar-refractivity contribution in [1.29, 1.82) is 0 Å². The van der Waals surface area contributed by atoms with E-state index in [1.807, 2.05) is 33.3 Å². The number of phosphoric acid groups is 1. The number of ketones is 1. The summed E-state index contributed by atoms with van der Waals surface area (Å²) in [6.07, 6.45) is 21.4. The van der Waals surface area contributed by atoms with Crippen LogP contribution in [0.15, 0.2) is 28.7 Å². The SMILES string of the molecule is CCCCCc1oc(CCCCCCCCC(=O)O[C@H](COC(=O)CCC/C=C\C[C@H]2C(=O)C[C@@H](O)[C@@H]2/C=C/[C@@H](O)CCCCC)COP(=O)(O)OCC[N+](C)(C)C)c(C)c1C. The Bertz CT molecular complexity index is 1550. The number of nitrogens with zero attached hydrogens (tertiary/aromatic N) is 1. The lowest BCUT2D eigenvalue weighted by molar-refractivity contribution is -0.870. The number of Topliss-reactive ketones (excluding diaryl/α,β-unsaturated/α-hetero) is 1. The molecule has 0 aromatic carbocycles. The van der Waals surface area contributed by atoms with E-state index in [9.17, 15) is 34.1 Å². The number of allylic oxidation sites excluding steroid dienone is 2. The molecule has 0 bridgehead atoms. The highest BCUT2D eigenvalue weighted by molar-refractivity contribution is 7.47. The minimum atomic E-state index is -4.46. The lowest BCUT2D eigenvalue weighted by Gasteiger charge is -2.24. The van der Waals surface area contributed by atoms with E-state index in [4.69, 9.17) is 22.9 Å². The molecule has 1 fully saturated rings. The summed E-state index contributed by atoms with van der Waals surface area (Å²) in [6, 6.07) is 0. The molecule has 2 rings (SSSR count). The summed E-state index contributed by atoms with van der Waals surface area (Å²) in [5.41, 5.74) is 2.56. The quantitative estimate of drug-likeness (QED) is 0.0194. The Morgan fingerprint density at radius 2 is 1.45 bits per heavy atom. The highest BCUT2D eigenvalue weighted by atomic mass is 31.2. The van der Waals surface area contributed by atoms with Gasteiger partial charge in [-0.15, -0.1) is 0 Å². The maximum atomic E-state index is 12.8. The van der Waals surface area contributed by atoms with Crippen molar-refractivity contribution >= 4 is 25.5 Å². The summed E-state index contributed by atoms with van der Waals surface area (Å²) < 4.78 is 40.6. The van der Waals surface area contributed by atoms with Gasteiger partial charge in [0.1, 0.15) is 37.1 Å². The molecule has 0 amide bonds. The number of hydrogen-bond acceptors (Lipinski definition) is 11. The smallest absolute Gasteiger partial charge is 0.466 e. The number of esters is 2. The molecule has 356 valence electrons. The van der Waals surface area contributed by atoms with Gasteiger partial charge in [-0.1, -0.05) is 95.9 Å². The van der Waals surface area contributed by atoms with Crippen molar-refractivity contribution in [3.63, 3.8) is 0 Å². The largest absolute Gasteiger partial charge is 0.472 e. The lowest BCUT2D eigenvalue weighted by atomic mass is 9.90. The number of furan rings is 1. The Labute approximate surface area is 373 Å².